The van der Waals surface area contributed by atoms with Crippen LogP contribution in [0.4, 0.5) is 0 Å². The summed E-state index contributed by atoms with van der Waals surface area (Å²) in [7, 11) is -2.93. The highest BCUT2D eigenvalue weighted by molar-refractivity contribution is 7.56. The predicted octanol–water partition coefficient (Wildman–Crippen LogP) is 2.81. The fourth-order valence-corrected chi connectivity index (χ4v) is 2.58. The molecule has 112 valence electrons. The Bertz CT molecular complexity index is 464. The summed E-state index contributed by atoms with van der Waals surface area (Å²) in [6.45, 7) is 5.87. The van der Waals surface area contributed by atoms with E-state index in [4.69, 9.17) is 9.26 Å². The van der Waals surface area contributed by atoms with E-state index in [1.165, 1.54) is 6.66 Å². The summed E-state index contributed by atoms with van der Waals surface area (Å²) in [6, 6.07) is 9.52. The minimum Gasteiger partial charge on any atom is -0.466 e. The molecule has 5 nitrogen and oxygen atoms in total. The van der Waals surface area contributed by atoms with Gasteiger partial charge in [0.05, 0.1) is 19.1 Å². The zero-order valence-corrected chi connectivity index (χ0v) is 13.1. The summed E-state index contributed by atoms with van der Waals surface area (Å²) in [5, 5.41) is 2.80. The second kappa shape index (κ2) is 8.20. The van der Waals surface area contributed by atoms with Crippen LogP contribution in [0.25, 0.3) is 0 Å². The van der Waals surface area contributed by atoms with Crippen LogP contribution in [0.15, 0.2) is 30.3 Å². The van der Waals surface area contributed by atoms with Crippen molar-refractivity contribution in [2.75, 3.05) is 19.8 Å². The summed E-state index contributed by atoms with van der Waals surface area (Å²) < 4.78 is 22.5. The Kier molecular flexibility index (Phi) is 6.93. The van der Waals surface area contributed by atoms with E-state index in [1.807, 2.05) is 30.3 Å². The minimum atomic E-state index is -2.93. The highest BCUT2D eigenvalue weighted by Gasteiger charge is 2.20. The zero-order valence-electron chi connectivity index (χ0n) is 12.2. The molecule has 0 saturated carbocycles. The lowest BCUT2D eigenvalue weighted by molar-refractivity contribution is -0.147. The molecule has 2 unspecified atom stereocenters. The van der Waals surface area contributed by atoms with Gasteiger partial charge in [-0.3, -0.25) is 9.36 Å². The van der Waals surface area contributed by atoms with Gasteiger partial charge >= 0.3 is 5.97 Å². The number of hydrogen-bond acceptors (Lipinski definition) is 4. The van der Waals surface area contributed by atoms with E-state index in [9.17, 15) is 9.36 Å². The van der Waals surface area contributed by atoms with Crippen molar-refractivity contribution in [2.45, 2.75) is 20.5 Å². The number of ether oxygens (including phenoxy) is 1. The van der Waals surface area contributed by atoms with Crippen molar-refractivity contribution in [3.63, 3.8) is 0 Å². The molecule has 0 aliphatic carbocycles. The van der Waals surface area contributed by atoms with Crippen LogP contribution >= 0.6 is 7.52 Å². The Balaban J connectivity index is 2.38. The third-order valence-corrected chi connectivity index (χ3v) is 4.07. The summed E-state index contributed by atoms with van der Waals surface area (Å²) in [6.07, 6.45) is 0. The molecule has 1 aromatic rings. The Labute approximate surface area is 120 Å². The first-order chi connectivity index (χ1) is 9.44. The van der Waals surface area contributed by atoms with E-state index < -0.39 is 7.52 Å². The first-order valence-electron chi connectivity index (χ1n) is 6.62. The molecule has 6 heteroatoms. The molecule has 1 N–H and O–H groups in total. The number of carbonyl (C=O) groups is 1. The van der Waals surface area contributed by atoms with Crippen LogP contribution in [-0.4, -0.2) is 25.8 Å². The minimum absolute atomic E-state index is 0.265. The molecule has 0 heterocycles. The van der Waals surface area contributed by atoms with Gasteiger partial charge in [0.15, 0.2) is 0 Å². The van der Waals surface area contributed by atoms with Crippen LogP contribution in [0.5, 0.6) is 0 Å². The summed E-state index contributed by atoms with van der Waals surface area (Å²) in [5.74, 6) is -0.661. The van der Waals surface area contributed by atoms with Crippen molar-refractivity contribution in [2.24, 2.45) is 5.92 Å². The Morgan fingerprint density at radius 2 is 2.00 bits per heavy atom. The second-order valence-corrected chi connectivity index (χ2v) is 6.89. The number of nitrogens with one attached hydrogen (secondary N) is 1. The van der Waals surface area contributed by atoms with Gasteiger partial charge in [0.2, 0.25) is 0 Å². The van der Waals surface area contributed by atoms with Gasteiger partial charge in [0.25, 0.3) is 7.52 Å². The fourth-order valence-electron chi connectivity index (χ4n) is 1.49. The molecule has 1 aromatic carbocycles. The lowest BCUT2D eigenvalue weighted by Crippen LogP contribution is -2.26. The van der Waals surface area contributed by atoms with Gasteiger partial charge < -0.3 is 9.26 Å². The predicted molar refractivity (Wildman–Crippen MR) is 78.6 cm³/mol. The average molecular weight is 299 g/mol. The first kappa shape index (κ1) is 16.9. The monoisotopic (exact) mass is 299 g/mol. The molecule has 0 radical (unpaired) electrons. The molecule has 0 aliphatic rings. The molecular formula is C14H22NO4P. The number of hydrogen-bond donors (Lipinski definition) is 1. The van der Waals surface area contributed by atoms with E-state index >= 15 is 0 Å². The molecule has 20 heavy (non-hydrogen) atoms. The van der Waals surface area contributed by atoms with Crippen LogP contribution in [0.1, 0.15) is 19.4 Å². The summed E-state index contributed by atoms with van der Waals surface area (Å²) in [5.41, 5.74) is 0.954. The highest BCUT2D eigenvalue weighted by atomic mass is 31.2. The van der Waals surface area contributed by atoms with Gasteiger partial charge in [-0.2, -0.15) is 0 Å². The molecule has 0 fully saturated rings. The third-order valence-electron chi connectivity index (χ3n) is 2.69. The van der Waals surface area contributed by atoms with Crippen molar-refractivity contribution in [3.8, 4) is 0 Å². The number of rotatable bonds is 8. The summed E-state index contributed by atoms with van der Waals surface area (Å²) >= 11 is 0. The van der Waals surface area contributed by atoms with E-state index in [0.29, 0.717) is 6.61 Å². The van der Waals surface area contributed by atoms with E-state index in [2.05, 4.69) is 5.09 Å². The van der Waals surface area contributed by atoms with E-state index in [-0.39, 0.29) is 25.0 Å². The molecule has 0 saturated heterocycles. The quantitative estimate of drug-likeness (QED) is 0.590. The zero-order chi connectivity index (χ0) is 15.0. The first-order valence-corrected chi connectivity index (χ1v) is 8.69. The van der Waals surface area contributed by atoms with Crippen LogP contribution in [0.2, 0.25) is 0 Å². The molecular weight excluding hydrogens is 277 g/mol. The van der Waals surface area contributed by atoms with Crippen LogP contribution in [0, 0.1) is 5.92 Å². The number of carbonyl (C=O) groups excluding carboxylic acids is 1. The largest absolute Gasteiger partial charge is 0.466 e. The molecule has 0 aromatic heterocycles. The van der Waals surface area contributed by atoms with Crippen molar-refractivity contribution >= 4 is 13.5 Å². The molecule has 0 bridgehead atoms. The van der Waals surface area contributed by atoms with Gasteiger partial charge in [-0.05, 0) is 12.5 Å². The number of esters is 1. The van der Waals surface area contributed by atoms with Crippen LogP contribution in [-0.2, 0) is 25.2 Å². The van der Waals surface area contributed by atoms with Gasteiger partial charge in [0.1, 0.15) is 0 Å². The molecule has 1 rings (SSSR count). The van der Waals surface area contributed by atoms with Crippen molar-refractivity contribution in [3.05, 3.63) is 35.9 Å². The Hall–Kier alpha value is -1.16. The van der Waals surface area contributed by atoms with E-state index in [0.717, 1.165) is 5.56 Å². The maximum absolute atomic E-state index is 12.2. The Morgan fingerprint density at radius 1 is 1.35 bits per heavy atom. The summed E-state index contributed by atoms with van der Waals surface area (Å²) in [4.78, 5) is 11.4. The van der Waals surface area contributed by atoms with Crippen molar-refractivity contribution < 1.29 is 18.6 Å². The van der Waals surface area contributed by atoms with Crippen molar-refractivity contribution in [1.82, 2.24) is 5.09 Å². The van der Waals surface area contributed by atoms with Crippen LogP contribution in [0.3, 0.4) is 0 Å². The van der Waals surface area contributed by atoms with Gasteiger partial charge in [-0.15, -0.1) is 0 Å². The molecule has 0 aliphatic heterocycles. The molecule has 0 spiro atoms. The SMILES string of the molecule is CCOC(=O)C(C)CNP(C)(=O)OCc1ccccc1. The average Bonchev–Trinajstić information content (AvgIpc) is 2.44. The van der Waals surface area contributed by atoms with Gasteiger partial charge in [-0.1, -0.05) is 37.3 Å². The molecule has 0 amide bonds. The molecule has 2 atom stereocenters. The third kappa shape index (κ3) is 6.33. The lowest BCUT2D eigenvalue weighted by Gasteiger charge is -2.17. The smallest absolute Gasteiger partial charge is 0.309 e. The maximum Gasteiger partial charge on any atom is 0.309 e. The van der Waals surface area contributed by atoms with Gasteiger partial charge in [-0.25, -0.2) is 5.09 Å². The number of benzene rings is 1. The highest BCUT2D eigenvalue weighted by Crippen LogP contribution is 2.38. The van der Waals surface area contributed by atoms with Gasteiger partial charge in [0, 0.05) is 13.2 Å². The standard InChI is InChI=1S/C14H22NO4P/c1-4-18-14(16)12(2)10-15-20(3,17)19-11-13-8-6-5-7-9-13/h5-9,12H,4,10-11H2,1-3H3,(H,15,17). The maximum atomic E-state index is 12.2. The normalized spacial score (nSPS) is 15.3. The van der Waals surface area contributed by atoms with E-state index in [1.54, 1.807) is 13.8 Å². The van der Waals surface area contributed by atoms with Crippen LogP contribution < -0.4 is 5.09 Å². The Morgan fingerprint density at radius 3 is 2.60 bits per heavy atom. The topological polar surface area (TPSA) is 64.6 Å². The van der Waals surface area contributed by atoms with Crippen molar-refractivity contribution in [1.29, 1.82) is 0 Å². The second-order valence-electron chi connectivity index (χ2n) is 4.62. The lowest BCUT2D eigenvalue weighted by atomic mass is 10.2. The fraction of sp³-hybridized carbons (Fsp3) is 0.500.